The Hall–Kier alpha value is -4.08. The Morgan fingerprint density at radius 1 is 0.909 bits per heavy atom. The highest BCUT2D eigenvalue weighted by atomic mass is 35.5. The first-order chi connectivity index (χ1) is 15.9. The number of hydrogen-bond acceptors (Lipinski definition) is 5. The van der Waals surface area contributed by atoms with Crippen LogP contribution in [0.25, 0.3) is 5.69 Å². The van der Waals surface area contributed by atoms with Crippen molar-refractivity contribution in [1.29, 1.82) is 0 Å². The predicted octanol–water partition coefficient (Wildman–Crippen LogP) is 3.68. The van der Waals surface area contributed by atoms with E-state index in [1.165, 1.54) is 4.07 Å². The van der Waals surface area contributed by atoms with E-state index < -0.39 is 17.7 Å². The molecule has 164 valence electrons. The molecule has 0 aliphatic rings. The molecule has 8 nitrogen and oxygen atoms in total. The van der Waals surface area contributed by atoms with Gasteiger partial charge in [-0.2, -0.15) is 9.06 Å². The molecule has 33 heavy (non-hydrogen) atoms. The molecular formula is C23H16ClN5O3S. The summed E-state index contributed by atoms with van der Waals surface area (Å²) in [5, 5.41) is 7.59. The van der Waals surface area contributed by atoms with Crippen molar-refractivity contribution in [2.45, 2.75) is 0 Å². The zero-order chi connectivity index (χ0) is 23.4. The van der Waals surface area contributed by atoms with E-state index in [1.54, 1.807) is 72.8 Å². The van der Waals surface area contributed by atoms with Gasteiger partial charge in [-0.05, 0) is 72.2 Å². The van der Waals surface area contributed by atoms with E-state index in [1.807, 2.05) is 6.07 Å². The molecule has 1 aromatic heterocycles. The molecule has 0 fully saturated rings. The van der Waals surface area contributed by atoms with Crippen molar-refractivity contribution in [3.8, 4) is 5.69 Å². The molecule has 10 heteroatoms. The Bertz CT molecular complexity index is 1390. The van der Waals surface area contributed by atoms with Crippen molar-refractivity contribution in [3.63, 3.8) is 0 Å². The quantitative estimate of drug-likeness (QED) is 0.455. The topological polar surface area (TPSA) is 119 Å². The van der Waals surface area contributed by atoms with E-state index in [0.717, 1.165) is 11.5 Å². The Balaban J connectivity index is 1.75. The minimum Gasteiger partial charge on any atom is -0.366 e. The molecule has 3 amide bonds. The predicted molar refractivity (Wildman–Crippen MR) is 126 cm³/mol. The van der Waals surface area contributed by atoms with E-state index in [4.69, 9.17) is 17.3 Å². The summed E-state index contributed by atoms with van der Waals surface area (Å²) in [4.78, 5) is 41.1. The van der Waals surface area contributed by atoms with Gasteiger partial charge in [0.1, 0.15) is 0 Å². The minimum atomic E-state index is -0.558. The smallest absolute Gasteiger partial charge is 0.279 e. The van der Waals surface area contributed by atoms with Gasteiger partial charge in [0.2, 0.25) is 5.91 Å². The average molecular weight is 478 g/mol. The number of primary amides is 1. The van der Waals surface area contributed by atoms with Gasteiger partial charge in [-0.3, -0.25) is 14.4 Å². The summed E-state index contributed by atoms with van der Waals surface area (Å²) in [5.41, 5.74) is 7.06. The number of para-hydroxylation sites is 1. The second-order valence-corrected chi connectivity index (χ2v) is 8.12. The summed E-state index contributed by atoms with van der Waals surface area (Å²) in [6, 6.07) is 21.5. The van der Waals surface area contributed by atoms with Crippen molar-refractivity contribution in [2.75, 3.05) is 5.32 Å². The summed E-state index contributed by atoms with van der Waals surface area (Å²) in [6.45, 7) is 0. The summed E-state index contributed by atoms with van der Waals surface area (Å²) in [7, 11) is 0. The van der Waals surface area contributed by atoms with Crippen LogP contribution in [0.2, 0.25) is 5.02 Å². The summed E-state index contributed by atoms with van der Waals surface area (Å²) >= 11 is 6.89. The first-order valence-corrected chi connectivity index (χ1v) is 10.8. The largest absolute Gasteiger partial charge is 0.366 e. The summed E-state index contributed by atoms with van der Waals surface area (Å²) < 4.78 is 1.57. The number of hydrogen-bond donors (Lipinski definition) is 2. The number of carbonyl (C=O) groups excluding carboxylic acids is 3. The molecule has 4 aromatic rings. The third kappa shape index (κ3) is 5.22. The highest BCUT2D eigenvalue weighted by Crippen LogP contribution is 2.14. The molecule has 4 rings (SSSR count). The second kappa shape index (κ2) is 9.60. The van der Waals surface area contributed by atoms with Gasteiger partial charge in [-0.1, -0.05) is 29.8 Å². The molecular weight excluding hydrogens is 462 g/mol. The Labute approximate surface area is 197 Å². The maximum absolute atomic E-state index is 13.0. The molecule has 0 saturated carbocycles. The van der Waals surface area contributed by atoms with Gasteiger partial charge in [0.25, 0.3) is 11.8 Å². The molecule has 0 saturated heterocycles. The molecule has 3 aromatic carbocycles. The maximum Gasteiger partial charge on any atom is 0.279 e. The lowest BCUT2D eigenvalue weighted by atomic mass is 10.2. The first-order valence-electron chi connectivity index (χ1n) is 9.62. The molecule has 0 aliphatic carbocycles. The first kappa shape index (κ1) is 22.1. The zero-order valence-electron chi connectivity index (χ0n) is 16.9. The maximum atomic E-state index is 13.0. The number of halogens is 1. The Morgan fingerprint density at radius 3 is 2.18 bits per heavy atom. The fraction of sp³-hybridized carbons (Fsp3) is 0. The van der Waals surface area contributed by atoms with E-state index >= 15 is 0 Å². The molecule has 3 N–H and O–H groups in total. The molecule has 0 radical (unpaired) electrons. The van der Waals surface area contributed by atoms with Gasteiger partial charge in [-0.15, -0.1) is 5.10 Å². The number of rotatable bonds is 5. The minimum absolute atomic E-state index is 0.0230. The van der Waals surface area contributed by atoms with Crippen LogP contribution >= 0.6 is 23.1 Å². The number of nitrogens with one attached hydrogen (secondary N) is 1. The van der Waals surface area contributed by atoms with Crippen molar-refractivity contribution < 1.29 is 14.4 Å². The monoisotopic (exact) mass is 477 g/mol. The lowest BCUT2D eigenvalue weighted by Crippen LogP contribution is -2.20. The second-order valence-electron chi connectivity index (χ2n) is 6.77. The molecule has 0 atom stereocenters. The molecule has 0 bridgehead atoms. The van der Waals surface area contributed by atoms with Crippen LogP contribution in [0.3, 0.4) is 0 Å². The third-order valence-corrected chi connectivity index (χ3v) is 5.65. The standard InChI is InChI=1S/C23H16ClN5O3S/c24-16-10-6-15(7-11-16)21(31)27-23-19(22(32)26-17-4-2-1-3-5-17)28-29(33-23)18-12-8-14(9-13-18)20(25)30/h1-13H,(H2,25,30)(H,26,32). The number of amides is 3. The van der Waals surface area contributed by atoms with Gasteiger partial charge in [0.05, 0.1) is 5.69 Å². The van der Waals surface area contributed by atoms with Crippen LogP contribution in [0.4, 0.5) is 5.69 Å². The Kier molecular flexibility index (Phi) is 6.43. The van der Waals surface area contributed by atoms with Gasteiger partial charge >= 0.3 is 0 Å². The van der Waals surface area contributed by atoms with Gasteiger partial charge < -0.3 is 11.1 Å². The van der Waals surface area contributed by atoms with E-state index in [-0.39, 0.29) is 10.4 Å². The summed E-state index contributed by atoms with van der Waals surface area (Å²) in [6.07, 6.45) is 0. The van der Waals surface area contributed by atoms with Crippen LogP contribution < -0.4 is 15.7 Å². The number of nitrogens with zero attached hydrogens (tertiary/aromatic N) is 3. The highest BCUT2D eigenvalue weighted by molar-refractivity contribution is 7.04. The van der Waals surface area contributed by atoms with Crippen molar-refractivity contribution >= 4 is 46.5 Å². The van der Waals surface area contributed by atoms with Gasteiger partial charge in [-0.25, -0.2) is 0 Å². The van der Waals surface area contributed by atoms with E-state index in [2.05, 4.69) is 15.4 Å². The van der Waals surface area contributed by atoms with Crippen molar-refractivity contribution in [2.24, 2.45) is 10.7 Å². The zero-order valence-corrected chi connectivity index (χ0v) is 18.5. The lowest BCUT2D eigenvalue weighted by molar-refractivity contribution is 0.0990. The van der Waals surface area contributed by atoms with Crippen molar-refractivity contribution in [3.05, 3.63) is 105 Å². The Morgan fingerprint density at radius 2 is 1.55 bits per heavy atom. The van der Waals surface area contributed by atoms with Gasteiger partial charge in [0.15, 0.2) is 10.4 Å². The lowest BCUT2D eigenvalue weighted by Gasteiger charge is -2.02. The molecule has 1 heterocycles. The van der Waals surface area contributed by atoms with Crippen LogP contribution in [-0.2, 0) is 0 Å². The molecule has 0 spiro atoms. The average Bonchev–Trinajstić information content (AvgIpc) is 3.24. The number of nitrogens with two attached hydrogens (primary N) is 1. The van der Waals surface area contributed by atoms with Crippen LogP contribution in [0.1, 0.15) is 31.2 Å². The van der Waals surface area contributed by atoms with E-state index in [9.17, 15) is 14.4 Å². The van der Waals surface area contributed by atoms with E-state index in [0.29, 0.717) is 27.5 Å². The summed E-state index contributed by atoms with van der Waals surface area (Å²) in [5.74, 6) is -1.62. The van der Waals surface area contributed by atoms with Crippen molar-refractivity contribution in [1.82, 2.24) is 9.17 Å². The molecule has 0 aliphatic heterocycles. The normalized spacial score (nSPS) is 11.2. The SMILES string of the molecule is NC(=O)c1ccc(-n2nc(C(=O)Nc3ccccc3)c(=NC(=O)c3ccc(Cl)cc3)s2)cc1. The van der Waals surface area contributed by atoms with Crippen LogP contribution in [0.15, 0.2) is 83.9 Å². The number of aromatic nitrogens is 2. The number of benzene rings is 3. The highest BCUT2D eigenvalue weighted by Gasteiger charge is 2.18. The number of carbonyl (C=O) groups is 3. The molecule has 0 unspecified atom stereocenters. The fourth-order valence-corrected chi connectivity index (χ4v) is 3.80. The number of anilines is 1. The van der Waals surface area contributed by atoms with Crippen LogP contribution in [0, 0.1) is 0 Å². The van der Waals surface area contributed by atoms with Crippen LogP contribution in [-0.4, -0.2) is 26.9 Å². The third-order valence-electron chi connectivity index (χ3n) is 4.48. The van der Waals surface area contributed by atoms with Gasteiger partial charge in [0, 0.05) is 21.8 Å². The fourth-order valence-electron chi connectivity index (χ4n) is 2.82. The van der Waals surface area contributed by atoms with Crippen LogP contribution in [0.5, 0.6) is 0 Å².